The van der Waals surface area contributed by atoms with Crippen LogP contribution in [0.1, 0.15) is 28.2 Å². The van der Waals surface area contributed by atoms with Crippen molar-refractivity contribution < 1.29 is 4.79 Å². The van der Waals surface area contributed by atoms with Crippen molar-refractivity contribution in [2.75, 3.05) is 7.05 Å². The van der Waals surface area contributed by atoms with E-state index < -0.39 is 0 Å². The first-order valence-corrected chi connectivity index (χ1v) is 8.84. The van der Waals surface area contributed by atoms with E-state index in [0.29, 0.717) is 5.56 Å². The van der Waals surface area contributed by atoms with E-state index in [1.165, 1.54) is 4.88 Å². The van der Waals surface area contributed by atoms with Gasteiger partial charge in [-0.05, 0) is 42.6 Å². The molecule has 118 valence electrons. The molecule has 0 aliphatic rings. The third-order valence-corrected chi connectivity index (χ3v) is 5.35. The highest BCUT2D eigenvalue weighted by Gasteiger charge is 2.21. The van der Waals surface area contributed by atoms with Crippen LogP contribution in [0.25, 0.3) is 5.69 Å². The number of carbonyl (C=O) groups is 1. The lowest BCUT2D eigenvalue weighted by Crippen LogP contribution is -2.28. The van der Waals surface area contributed by atoms with Gasteiger partial charge in [0.15, 0.2) is 0 Å². The lowest BCUT2D eigenvalue weighted by molar-refractivity contribution is 0.0745. The molecule has 0 aliphatic carbocycles. The van der Waals surface area contributed by atoms with Gasteiger partial charge in [-0.1, -0.05) is 22.0 Å². The molecule has 0 N–H and O–H groups in total. The monoisotopic (exact) mass is 389 g/mol. The quantitative estimate of drug-likeness (QED) is 0.657. The van der Waals surface area contributed by atoms with Gasteiger partial charge in [-0.25, -0.2) is 4.68 Å². The summed E-state index contributed by atoms with van der Waals surface area (Å²) in [5, 5.41) is 6.32. The van der Waals surface area contributed by atoms with Gasteiger partial charge >= 0.3 is 0 Å². The fourth-order valence-electron chi connectivity index (χ4n) is 2.27. The number of carbonyl (C=O) groups excluding carboxylic acids is 1. The molecule has 23 heavy (non-hydrogen) atoms. The van der Waals surface area contributed by atoms with Crippen LogP contribution in [-0.4, -0.2) is 27.6 Å². The maximum absolute atomic E-state index is 12.6. The van der Waals surface area contributed by atoms with Crippen molar-refractivity contribution in [1.82, 2.24) is 14.7 Å². The molecule has 0 saturated heterocycles. The van der Waals surface area contributed by atoms with E-state index in [1.54, 1.807) is 33.3 Å². The maximum atomic E-state index is 12.6. The standard InChI is InChI=1S/C17H16BrN3OS/c1-12(16-4-3-9-23-16)20(2)17(22)13-10-19-21(11-13)15-7-5-14(18)6-8-15/h3-12H,1-2H3. The molecule has 2 heterocycles. The molecule has 0 fully saturated rings. The predicted octanol–water partition coefficient (Wildman–Crippen LogP) is 4.53. The fourth-order valence-corrected chi connectivity index (χ4v) is 3.36. The lowest BCUT2D eigenvalue weighted by atomic mass is 10.2. The molecule has 0 spiro atoms. The highest BCUT2D eigenvalue weighted by molar-refractivity contribution is 9.10. The van der Waals surface area contributed by atoms with Crippen molar-refractivity contribution >= 4 is 33.2 Å². The molecule has 3 aromatic rings. The topological polar surface area (TPSA) is 38.1 Å². The van der Waals surface area contributed by atoms with Crippen molar-refractivity contribution in [3.8, 4) is 5.69 Å². The molecule has 0 saturated carbocycles. The minimum absolute atomic E-state index is 0.0331. The first-order chi connectivity index (χ1) is 11.1. The average molecular weight is 390 g/mol. The van der Waals surface area contributed by atoms with Crippen LogP contribution in [-0.2, 0) is 0 Å². The van der Waals surface area contributed by atoms with Gasteiger partial charge in [0.1, 0.15) is 0 Å². The molecular weight excluding hydrogens is 374 g/mol. The van der Waals surface area contributed by atoms with E-state index in [9.17, 15) is 4.79 Å². The summed E-state index contributed by atoms with van der Waals surface area (Å²) in [6, 6.07) is 11.9. The van der Waals surface area contributed by atoms with E-state index >= 15 is 0 Å². The summed E-state index contributed by atoms with van der Waals surface area (Å²) in [5.41, 5.74) is 1.50. The van der Waals surface area contributed by atoms with Crippen molar-refractivity contribution in [1.29, 1.82) is 0 Å². The third kappa shape index (κ3) is 3.38. The van der Waals surface area contributed by atoms with Gasteiger partial charge in [-0.2, -0.15) is 5.10 Å². The Balaban J connectivity index is 1.79. The normalized spacial score (nSPS) is 12.1. The van der Waals surface area contributed by atoms with Crippen LogP contribution in [0.3, 0.4) is 0 Å². The number of aromatic nitrogens is 2. The Labute approximate surface area is 147 Å². The zero-order chi connectivity index (χ0) is 16.4. The third-order valence-electron chi connectivity index (χ3n) is 3.78. The van der Waals surface area contributed by atoms with E-state index in [2.05, 4.69) is 21.0 Å². The van der Waals surface area contributed by atoms with Gasteiger partial charge in [0.05, 0.1) is 23.5 Å². The highest BCUT2D eigenvalue weighted by atomic mass is 79.9. The molecule has 0 bridgehead atoms. The number of amides is 1. The van der Waals surface area contributed by atoms with Crippen LogP contribution < -0.4 is 0 Å². The second-order valence-electron chi connectivity index (χ2n) is 5.26. The molecule has 1 atom stereocenters. The van der Waals surface area contributed by atoms with Gasteiger partial charge in [0.25, 0.3) is 5.91 Å². The van der Waals surface area contributed by atoms with Gasteiger partial charge in [0, 0.05) is 22.6 Å². The number of hydrogen-bond acceptors (Lipinski definition) is 3. The lowest BCUT2D eigenvalue weighted by Gasteiger charge is -2.23. The highest BCUT2D eigenvalue weighted by Crippen LogP contribution is 2.25. The summed E-state index contributed by atoms with van der Waals surface area (Å²) in [5.74, 6) is -0.0331. The molecule has 6 heteroatoms. The SMILES string of the molecule is CC(c1cccs1)N(C)C(=O)c1cnn(-c2ccc(Br)cc2)c1. The first kappa shape index (κ1) is 16.0. The van der Waals surface area contributed by atoms with Crippen LogP contribution >= 0.6 is 27.3 Å². The van der Waals surface area contributed by atoms with Crippen molar-refractivity contribution in [3.05, 3.63) is 69.1 Å². The zero-order valence-corrected chi connectivity index (χ0v) is 15.2. The van der Waals surface area contributed by atoms with E-state index in [0.717, 1.165) is 10.2 Å². The summed E-state index contributed by atoms with van der Waals surface area (Å²) in [7, 11) is 1.82. The van der Waals surface area contributed by atoms with Crippen molar-refractivity contribution in [3.63, 3.8) is 0 Å². The molecule has 3 rings (SSSR count). The smallest absolute Gasteiger partial charge is 0.257 e. The fraction of sp³-hybridized carbons (Fsp3) is 0.176. The largest absolute Gasteiger partial charge is 0.334 e. The minimum Gasteiger partial charge on any atom is -0.334 e. The number of hydrogen-bond donors (Lipinski definition) is 0. The summed E-state index contributed by atoms with van der Waals surface area (Å²) < 4.78 is 2.72. The molecule has 2 aromatic heterocycles. The molecule has 1 amide bonds. The predicted molar refractivity (Wildman–Crippen MR) is 96.1 cm³/mol. The van der Waals surface area contributed by atoms with Crippen LogP contribution in [0, 0.1) is 0 Å². The number of halogens is 1. The summed E-state index contributed by atoms with van der Waals surface area (Å²) in [6.45, 7) is 2.03. The van der Waals surface area contributed by atoms with Crippen LogP contribution in [0.2, 0.25) is 0 Å². The Morgan fingerprint density at radius 3 is 2.70 bits per heavy atom. The number of nitrogens with zero attached hydrogens (tertiary/aromatic N) is 3. The van der Waals surface area contributed by atoms with E-state index in [-0.39, 0.29) is 11.9 Å². The summed E-state index contributed by atoms with van der Waals surface area (Å²) in [6.07, 6.45) is 3.38. The summed E-state index contributed by atoms with van der Waals surface area (Å²) in [4.78, 5) is 15.6. The van der Waals surface area contributed by atoms with E-state index in [4.69, 9.17) is 0 Å². The Kier molecular flexibility index (Phi) is 4.63. The maximum Gasteiger partial charge on any atom is 0.257 e. The Hall–Kier alpha value is -1.92. The molecule has 0 radical (unpaired) electrons. The first-order valence-electron chi connectivity index (χ1n) is 7.17. The van der Waals surface area contributed by atoms with Gasteiger partial charge in [-0.15, -0.1) is 11.3 Å². The molecular formula is C17H16BrN3OS. The van der Waals surface area contributed by atoms with Gasteiger partial charge in [-0.3, -0.25) is 4.79 Å². The second kappa shape index (κ2) is 6.68. The van der Waals surface area contributed by atoms with Gasteiger partial charge < -0.3 is 4.90 Å². The van der Waals surface area contributed by atoms with Crippen LogP contribution in [0.4, 0.5) is 0 Å². The molecule has 1 aromatic carbocycles. The Morgan fingerprint density at radius 2 is 2.04 bits per heavy atom. The summed E-state index contributed by atoms with van der Waals surface area (Å²) >= 11 is 5.07. The zero-order valence-electron chi connectivity index (χ0n) is 12.8. The molecule has 0 aliphatic heterocycles. The van der Waals surface area contributed by atoms with Crippen molar-refractivity contribution in [2.45, 2.75) is 13.0 Å². The number of thiophene rings is 1. The number of benzene rings is 1. The van der Waals surface area contributed by atoms with Gasteiger partial charge in [0.2, 0.25) is 0 Å². The molecule has 1 unspecified atom stereocenters. The van der Waals surface area contributed by atoms with Crippen LogP contribution in [0.5, 0.6) is 0 Å². The second-order valence-corrected chi connectivity index (χ2v) is 7.15. The van der Waals surface area contributed by atoms with Crippen LogP contribution in [0.15, 0.2) is 58.6 Å². The van der Waals surface area contributed by atoms with E-state index in [1.807, 2.05) is 55.7 Å². The molecule has 4 nitrogen and oxygen atoms in total. The minimum atomic E-state index is -0.0331. The Morgan fingerprint density at radius 1 is 1.30 bits per heavy atom. The average Bonchev–Trinajstić information content (AvgIpc) is 3.25. The van der Waals surface area contributed by atoms with Crippen molar-refractivity contribution in [2.24, 2.45) is 0 Å². The Bertz CT molecular complexity index is 796. The number of rotatable bonds is 4.